The fraction of sp³-hybridized carbons (Fsp3) is 0.500. The SMILES string of the molecule is CNc1ccc([N+](=O)[O-])c(C(=O)N2CC(C)C(C)C2)c1. The predicted molar refractivity (Wildman–Crippen MR) is 76.9 cm³/mol. The fourth-order valence-electron chi connectivity index (χ4n) is 2.49. The molecule has 2 rings (SSSR count). The van der Waals surface area contributed by atoms with Gasteiger partial charge in [0.15, 0.2) is 0 Å². The Bertz CT molecular complexity index is 534. The molecule has 1 aromatic rings. The number of nitro benzene ring substituents is 1. The summed E-state index contributed by atoms with van der Waals surface area (Å²) < 4.78 is 0. The van der Waals surface area contributed by atoms with E-state index in [0.29, 0.717) is 30.6 Å². The number of likely N-dealkylation sites (tertiary alicyclic amines) is 1. The van der Waals surface area contributed by atoms with Crippen molar-refractivity contribution in [2.24, 2.45) is 11.8 Å². The van der Waals surface area contributed by atoms with Crippen LogP contribution in [-0.2, 0) is 0 Å². The second kappa shape index (κ2) is 5.48. The Morgan fingerprint density at radius 3 is 2.45 bits per heavy atom. The van der Waals surface area contributed by atoms with Gasteiger partial charge in [0.2, 0.25) is 0 Å². The molecule has 6 nitrogen and oxygen atoms in total. The lowest BCUT2D eigenvalue weighted by atomic mass is 10.0. The highest BCUT2D eigenvalue weighted by Gasteiger charge is 2.32. The highest BCUT2D eigenvalue weighted by Crippen LogP contribution is 2.28. The molecule has 0 saturated carbocycles. The maximum absolute atomic E-state index is 12.5. The van der Waals surface area contributed by atoms with Gasteiger partial charge in [-0.05, 0) is 24.0 Å². The molecule has 1 aliphatic rings. The quantitative estimate of drug-likeness (QED) is 0.679. The number of hydrogen-bond acceptors (Lipinski definition) is 4. The Morgan fingerprint density at radius 1 is 1.35 bits per heavy atom. The molecule has 1 aliphatic heterocycles. The Kier molecular flexibility index (Phi) is 3.92. The highest BCUT2D eigenvalue weighted by atomic mass is 16.6. The van der Waals surface area contributed by atoms with E-state index in [4.69, 9.17) is 0 Å². The van der Waals surface area contributed by atoms with E-state index in [1.807, 2.05) is 0 Å². The molecule has 108 valence electrons. The summed E-state index contributed by atoms with van der Waals surface area (Å²) in [6.07, 6.45) is 0. The summed E-state index contributed by atoms with van der Waals surface area (Å²) in [7, 11) is 1.72. The molecule has 20 heavy (non-hydrogen) atoms. The minimum absolute atomic E-state index is 0.138. The molecule has 6 heteroatoms. The monoisotopic (exact) mass is 277 g/mol. The molecular weight excluding hydrogens is 258 g/mol. The summed E-state index contributed by atoms with van der Waals surface area (Å²) in [4.78, 5) is 24.8. The molecule has 0 aliphatic carbocycles. The molecule has 0 bridgehead atoms. The minimum Gasteiger partial charge on any atom is -0.388 e. The van der Waals surface area contributed by atoms with Crippen LogP contribution in [-0.4, -0.2) is 35.9 Å². The van der Waals surface area contributed by atoms with Gasteiger partial charge in [-0.1, -0.05) is 13.8 Å². The molecule has 1 heterocycles. The van der Waals surface area contributed by atoms with Gasteiger partial charge in [-0.25, -0.2) is 0 Å². The number of nitro groups is 1. The zero-order valence-corrected chi connectivity index (χ0v) is 11.9. The van der Waals surface area contributed by atoms with Crippen molar-refractivity contribution >= 4 is 17.3 Å². The average molecular weight is 277 g/mol. The first-order chi connectivity index (χ1) is 9.43. The minimum atomic E-state index is -0.504. The average Bonchev–Trinajstić information content (AvgIpc) is 2.77. The van der Waals surface area contributed by atoms with Crippen molar-refractivity contribution in [3.05, 3.63) is 33.9 Å². The second-order valence-electron chi connectivity index (χ2n) is 5.40. The molecule has 0 spiro atoms. The van der Waals surface area contributed by atoms with Crippen molar-refractivity contribution in [1.82, 2.24) is 4.90 Å². The van der Waals surface area contributed by atoms with E-state index in [0.717, 1.165) is 0 Å². The topological polar surface area (TPSA) is 75.5 Å². The molecule has 1 aromatic carbocycles. The van der Waals surface area contributed by atoms with Crippen LogP contribution in [0.15, 0.2) is 18.2 Å². The number of hydrogen-bond donors (Lipinski definition) is 1. The van der Waals surface area contributed by atoms with Gasteiger partial charge in [-0.3, -0.25) is 14.9 Å². The van der Waals surface area contributed by atoms with E-state index in [1.54, 1.807) is 24.1 Å². The van der Waals surface area contributed by atoms with Crippen molar-refractivity contribution in [1.29, 1.82) is 0 Å². The number of nitrogens with one attached hydrogen (secondary N) is 1. The number of nitrogens with zero attached hydrogens (tertiary/aromatic N) is 2. The van der Waals surface area contributed by atoms with Crippen LogP contribution in [0.1, 0.15) is 24.2 Å². The van der Waals surface area contributed by atoms with Crippen LogP contribution in [0.4, 0.5) is 11.4 Å². The largest absolute Gasteiger partial charge is 0.388 e. The molecule has 2 atom stereocenters. The molecule has 1 saturated heterocycles. The standard InChI is InChI=1S/C14H19N3O3/c1-9-7-16(8-10(9)2)14(18)12-6-11(15-3)4-5-13(12)17(19)20/h4-6,9-10,15H,7-8H2,1-3H3. The van der Waals surface area contributed by atoms with Gasteiger partial charge in [0.1, 0.15) is 5.56 Å². The zero-order valence-electron chi connectivity index (χ0n) is 11.9. The van der Waals surface area contributed by atoms with Crippen molar-refractivity contribution in [3.63, 3.8) is 0 Å². The Morgan fingerprint density at radius 2 is 1.95 bits per heavy atom. The third kappa shape index (κ3) is 2.59. The Labute approximate surface area is 117 Å². The summed E-state index contributed by atoms with van der Waals surface area (Å²) in [6, 6.07) is 4.53. The van der Waals surface area contributed by atoms with E-state index in [2.05, 4.69) is 19.2 Å². The lowest BCUT2D eigenvalue weighted by molar-refractivity contribution is -0.385. The van der Waals surface area contributed by atoms with E-state index < -0.39 is 4.92 Å². The number of carbonyl (C=O) groups excluding carboxylic acids is 1. The van der Waals surface area contributed by atoms with Gasteiger partial charge in [-0.15, -0.1) is 0 Å². The van der Waals surface area contributed by atoms with Crippen LogP contribution in [0.2, 0.25) is 0 Å². The molecular formula is C14H19N3O3. The number of anilines is 1. The number of benzene rings is 1. The number of amides is 1. The summed E-state index contributed by atoms with van der Waals surface area (Å²) in [6.45, 7) is 5.49. The van der Waals surface area contributed by atoms with Crippen molar-refractivity contribution in [2.75, 3.05) is 25.5 Å². The van der Waals surface area contributed by atoms with E-state index >= 15 is 0 Å². The number of carbonyl (C=O) groups is 1. The Balaban J connectivity index is 2.35. The Hall–Kier alpha value is -2.11. The van der Waals surface area contributed by atoms with Crippen LogP contribution in [0.25, 0.3) is 0 Å². The van der Waals surface area contributed by atoms with Gasteiger partial charge in [0.05, 0.1) is 4.92 Å². The smallest absolute Gasteiger partial charge is 0.282 e. The molecule has 1 N–H and O–H groups in total. The first-order valence-electron chi connectivity index (χ1n) is 6.69. The van der Waals surface area contributed by atoms with Crippen LogP contribution in [0, 0.1) is 22.0 Å². The summed E-state index contributed by atoms with van der Waals surface area (Å²) in [5.74, 6) is 0.584. The first-order valence-corrected chi connectivity index (χ1v) is 6.69. The van der Waals surface area contributed by atoms with Crippen molar-refractivity contribution in [3.8, 4) is 0 Å². The molecule has 1 fully saturated rings. The van der Waals surface area contributed by atoms with E-state index in [9.17, 15) is 14.9 Å². The second-order valence-corrected chi connectivity index (χ2v) is 5.40. The van der Waals surface area contributed by atoms with Gasteiger partial charge >= 0.3 is 0 Å². The van der Waals surface area contributed by atoms with Crippen molar-refractivity contribution in [2.45, 2.75) is 13.8 Å². The maximum atomic E-state index is 12.5. The van der Waals surface area contributed by atoms with Crippen LogP contribution in [0.5, 0.6) is 0 Å². The normalized spacial score (nSPS) is 21.9. The van der Waals surface area contributed by atoms with Crippen LogP contribution in [0.3, 0.4) is 0 Å². The summed E-state index contributed by atoms with van der Waals surface area (Å²) >= 11 is 0. The third-order valence-electron chi connectivity index (χ3n) is 3.99. The predicted octanol–water partition coefficient (Wildman–Crippen LogP) is 2.36. The lowest BCUT2D eigenvalue weighted by Crippen LogP contribution is -2.29. The lowest BCUT2D eigenvalue weighted by Gasteiger charge is -2.16. The first kappa shape index (κ1) is 14.3. The van der Waals surface area contributed by atoms with E-state index in [-0.39, 0.29) is 17.2 Å². The van der Waals surface area contributed by atoms with Gasteiger partial charge in [0.25, 0.3) is 11.6 Å². The van der Waals surface area contributed by atoms with Crippen LogP contribution < -0.4 is 5.32 Å². The molecule has 0 aromatic heterocycles. The maximum Gasteiger partial charge on any atom is 0.282 e. The number of rotatable bonds is 3. The highest BCUT2D eigenvalue weighted by molar-refractivity contribution is 5.99. The molecule has 2 unspecified atom stereocenters. The van der Waals surface area contributed by atoms with Crippen LogP contribution >= 0.6 is 0 Å². The third-order valence-corrected chi connectivity index (χ3v) is 3.99. The summed E-state index contributed by atoms with van der Waals surface area (Å²) in [5, 5.41) is 14.0. The van der Waals surface area contributed by atoms with Gasteiger partial charge in [-0.2, -0.15) is 0 Å². The summed E-state index contributed by atoms with van der Waals surface area (Å²) in [5.41, 5.74) is 0.712. The molecule has 1 amide bonds. The zero-order chi connectivity index (χ0) is 14.9. The molecule has 0 radical (unpaired) electrons. The van der Waals surface area contributed by atoms with Gasteiger partial charge < -0.3 is 10.2 Å². The van der Waals surface area contributed by atoms with E-state index in [1.165, 1.54) is 6.07 Å². The van der Waals surface area contributed by atoms with Crippen molar-refractivity contribution < 1.29 is 9.72 Å². The fourth-order valence-corrected chi connectivity index (χ4v) is 2.49. The van der Waals surface area contributed by atoms with Gasteiger partial charge in [0, 0.05) is 31.9 Å².